The van der Waals surface area contributed by atoms with Gasteiger partial charge in [-0.1, -0.05) is 30.0 Å². The zero-order valence-electron chi connectivity index (χ0n) is 5.39. The first-order chi connectivity index (χ1) is 4.72. The van der Waals surface area contributed by atoms with Gasteiger partial charge >= 0.3 is 0 Å². The predicted molar refractivity (Wildman–Crippen MR) is 41.2 cm³/mol. The first-order valence-electron chi connectivity index (χ1n) is 2.87. The summed E-state index contributed by atoms with van der Waals surface area (Å²) in [5.41, 5.74) is 0.513. The summed E-state index contributed by atoms with van der Waals surface area (Å²) in [6.45, 7) is 3.56. The van der Waals surface area contributed by atoms with E-state index in [1.807, 2.05) is 0 Å². The highest BCUT2D eigenvalue weighted by molar-refractivity contribution is 6.41. The largest absolute Gasteiger partial charge is 0.206 e. The number of hydrogen-bond acceptors (Lipinski definition) is 0. The normalized spacial score (nSPS) is 9.40. The van der Waals surface area contributed by atoms with Crippen LogP contribution in [0.25, 0.3) is 5.20 Å². The molecule has 1 aromatic rings. The van der Waals surface area contributed by atoms with E-state index in [0.29, 0.717) is 10.8 Å². The highest BCUT2D eigenvalue weighted by Crippen LogP contribution is 2.12. The summed E-state index contributed by atoms with van der Waals surface area (Å²) < 4.78 is 12.7. The lowest BCUT2D eigenvalue weighted by Gasteiger charge is -1.98. The number of rotatable bonds is 1. The van der Waals surface area contributed by atoms with Crippen LogP contribution in [0.4, 0.5) is 4.39 Å². The second-order valence-corrected chi connectivity index (χ2v) is 2.56. The van der Waals surface area contributed by atoms with Gasteiger partial charge in [0.2, 0.25) is 0 Å². The van der Waals surface area contributed by atoms with Crippen molar-refractivity contribution in [2.75, 3.05) is 0 Å². The Labute approximate surface area is 62.8 Å². The van der Waals surface area contributed by atoms with Crippen LogP contribution in [0.15, 0.2) is 30.8 Å². The van der Waals surface area contributed by atoms with E-state index in [-0.39, 0.29) is 5.82 Å². The molecule has 0 aliphatic heterocycles. The Hall–Kier alpha value is -0.893. The molecule has 0 heterocycles. The van der Waals surface area contributed by atoms with Crippen molar-refractivity contribution >= 4 is 15.4 Å². The number of benzene rings is 1. The van der Waals surface area contributed by atoms with E-state index >= 15 is 0 Å². The zero-order chi connectivity index (χ0) is 7.56. The van der Waals surface area contributed by atoms with Crippen molar-refractivity contribution in [3.8, 4) is 0 Å². The van der Waals surface area contributed by atoms with Crippen LogP contribution in [0.2, 0.25) is 0 Å². The van der Waals surface area contributed by atoms with Crippen molar-refractivity contribution in [3.05, 3.63) is 42.2 Å². The maximum atomic E-state index is 12.7. The van der Waals surface area contributed by atoms with Crippen LogP contribution in [0.1, 0.15) is 5.56 Å². The van der Waals surface area contributed by atoms with Gasteiger partial charge in [-0.2, -0.15) is 0 Å². The lowest BCUT2D eigenvalue weighted by Crippen LogP contribution is -1.85. The molecule has 0 saturated heterocycles. The second kappa shape index (κ2) is 2.79. The number of halogens is 1. The lowest BCUT2D eigenvalue weighted by atomic mass is 10.2. The third kappa shape index (κ3) is 1.33. The molecule has 0 spiro atoms. The summed E-state index contributed by atoms with van der Waals surface area (Å²) in [5.74, 6) is -0.248. The summed E-state index contributed by atoms with van der Waals surface area (Å²) in [4.78, 5) is 0. The smallest absolute Gasteiger partial charge is 0.130 e. The van der Waals surface area contributed by atoms with Crippen molar-refractivity contribution in [2.45, 2.75) is 0 Å². The summed E-state index contributed by atoms with van der Waals surface area (Å²) in [7, 11) is 3.15. The van der Waals surface area contributed by atoms with Gasteiger partial charge in [-0.15, -0.1) is 0 Å². The number of hydrogen-bond donors (Lipinski definition) is 0. The van der Waals surface area contributed by atoms with E-state index in [1.54, 1.807) is 18.2 Å². The Morgan fingerprint density at radius 1 is 1.40 bits per heavy atom. The molecule has 0 aliphatic carbocycles. The highest BCUT2D eigenvalue weighted by atomic mass is 28.1. The minimum absolute atomic E-state index is 0.248. The molecule has 2 heteroatoms. The first kappa shape index (κ1) is 7.22. The van der Waals surface area contributed by atoms with E-state index < -0.39 is 0 Å². The SMILES string of the molecule is C=C([Si])c1ccccc1F. The molecule has 0 aromatic heterocycles. The molecule has 3 radical (unpaired) electrons. The maximum absolute atomic E-state index is 12.7. The van der Waals surface area contributed by atoms with Gasteiger partial charge in [-0.25, -0.2) is 4.39 Å². The molecule has 0 fully saturated rings. The van der Waals surface area contributed by atoms with Gasteiger partial charge in [-0.3, -0.25) is 0 Å². The topological polar surface area (TPSA) is 0 Å². The molecular weight excluding hydrogens is 143 g/mol. The summed E-state index contributed by atoms with van der Waals surface area (Å²) in [5, 5.41) is 0.568. The molecule has 1 aromatic carbocycles. The monoisotopic (exact) mass is 149 g/mol. The van der Waals surface area contributed by atoms with Crippen LogP contribution < -0.4 is 0 Å². The van der Waals surface area contributed by atoms with E-state index in [4.69, 9.17) is 0 Å². The van der Waals surface area contributed by atoms with Gasteiger partial charge in [0.15, 0.2) is 0 Å². The highest BCUT2D eigenvalue weighted by Gasteiger charge is 1.98. The minimum atomic E-state index is -0.248. The van der Waals surface area contributed by atoms with Crippen molar-refractivity contribution in [1.29, 1.82) is 0 Å². The third-order valence-electron chi connectivity index (χ3n) is 1.20. The van der Waals surface area contributed by atoms with Crippen molar-refractivity contribution < 1.29 is 4.39 Å². The Morgan fingerprint density at radius 3 is 2.40 bits per heavy atom. The van der Waals surface area contributed by atoms with Crippen molar-refractivity contribution in [1.82, 2.24) is 0 Å². The van der Waals surface area contributed by atoms with Gasteiger partial charge in [0.1, 0.15) is 5.82 Å². The fourth-order valence-corrected chi connectivity index (χ4v) is 0.909. The van der Waals surface area contributed by atoms with Gasteiger partial charge in [0.25, 0.3) is 0 Å². The van der Waals surface area contributed by atoms with Gasteiger partial charge in [-0.05, 0) is 6.07 Å². The van der Waals surface area contributed by atoms with Gasteiger partial charge in [0.05, 0.1) is 10.2 Å². The Morgan fingerprint density at radius 2 is 2.00 bits per heavy atom. The molecule has 0 N–H and O–H groups in total. The zero-order valence-corrected chi connectivity index (χ0v) is 6.39. The van der Waals surface area contributed by atoms with Gasteiger partial charge in [0, 0.05) is 5.56 Å². The fourth-order valence-electron chi connectivity index (χ4n) is 0.706. The van der Waals surface area contributed by atoms with Crippen LogP contribution in [0, 0.1) is 5.82 Å². The fraction of sp³-hybridized carbons (Fsp3) is 0. The first-order valence-corrected chi connectivity index (χ1v) is 3.37. The molecule has 0 bridgehead atoms. The van der Waals surface area contributed by atoms with Crippen LogP contribution in [-0.2, 0) is 0 Å². The van der Waals surface area contributed by atoms with Crippen LogP contribution >= 0.6 is 0 Å². The van der Waals surface area contributed by atoms with Gasteiger partial charge < -0.3 is 0 Å². The molecule has 0 unspecified atom stereocenters. The molecular formula is C8H6FSi. The molecule has 0 nitrogen and oxygen atoms in total. The van der Waals surface area contributed by atoms with E-state index in [9.17, 15) is 4.39 Å². The molecule has 0 atom stereocenters. The molecule has 49 valence electrons. The third-order valence-corrected chi connectivity index (χ3v) is 1.47. The minimum Gasteiger partial charge on any atom is -0.206 e. The molecule has 10 heavy (non-hydrogen) atoms. The van der Waals surface area contributed by atoms with Crippen molar-refractivity contribution in [2.24, 2.45) is 0 Å². The van der Waals surface area contributed by atoms with E-state index in [2.05, 4.69) is 16.8 Å². The Bertz CT molecular complexity index is 255. The lowest BCUT2D eigenvalue weighted by molar-refractivity contribution is 0.625. The summed E-state index contributed by atoms with van der Waals surface area (Å²) >= 11 is 0. The second-order valence-electron chi connectivity index (χ2n) is 1.96. The van der Waals surface area contributed by atoms with Crippen LogP contribution in [-0.4, -0.2) is 10.2 Å². The Balaban J connectivity index is 3.15. The van der Waals surface area contributed by atoms with E-state index in [0.717, 1.165) is 0 Å². The summed E-state index contributed by atoms with van der Waals surface area (Å²) in [6.07, 6.45) is 0. The molecule has 0 aliphatic rings. The average molecular weight is 149 g/mol. The molecule has 0 saturated carbocycles. The van der Waals surface area contributed by atoms with E-state index in [1.165, 1.54) is 6.07 Å². The average Bonchev–Trinajstić information content (AvgIpc) is 1.88. The molecule has 1 rings (SSSR count). The predicted octanol–water partition coefficient (Wildman–Crippen LogP) is 1.96. The quantitative estimate of drug-likeness (QED) is 0.535. The molecule has 0 amide bonds. The Kier molecular flexibility index (Phi) is 2.02. The summed E-state index contributed by atoms with van der Waals surface area (Å²) in [6, 6.07) is 6.49. The van der Waals surface area contributed by atoms with Crippen LogP contribution in [0.5, 0.6) is 0 Å². The standard InChI is InChI=1S/C8H6FSi/c1-6(10)7-4-2-3-5-8(7)9/h2-5H,1H2. The van der Waals surface area contributed by atoms with Crippen molar-refractivity contribution in [3.63, 3.8) is 0 Å². The van der Waals surface area contributed by atoms with Crippen LogP contribution in [0.3, 0.4) is 0 Å². The maximum Gasteiger partial charge on any atom is 0.130 e.